The van der Waals surface area contributed by atoms with Crippen molar-refractivity contribution >= 4 is 11.6 Å². The maximum absolute atomic E-state index is 12.7. The molecular weight excluding hydrogens is 175 g/mol. The van der Waals surface area contributed by atoms with Gasteiger partial charge in [-0.25, -0.2) is 4.39 Å². The zero-order valence-corrected chi connectivity index (χ0v) is 7.44. The third-order valence-corrected chi connectivity index (χ3v) is 1.99. The highest BCUT2D eigenvalue weighted by molar-refractivity contribution is 6.31. The third-order valence-electron chi connectivity index (χ3n) is 1.63. The van der Waals surface area contributed by atoms with Gasteiger partial charge in [-0.1, -0.05) is 17.7 Å². The summed E-state index contributed by atoms with van der Waals surface area (Å²) >= 11 is 5.83. The number of aryl methyl sites for hydroxylation is 1. The Morgan fingerprint density at radius 3 is 2.92 bits per heavy atom. The number of hydrogen-bond donors (Lipinski definition) is 0. The van der Waals surface area contributed by atoms with Crippen LogP contribution >= 0.6 is 11.6 Å². The number of halogens is 2. The first-order valence-electron chi connectivity index (χ1n) is 3.79. The Balaban J connectivity index is 2.82. The predicted octanol–water partition coefficient (Wildman–Crippen LogP) is 3.60. The van der Waals surface area contributed by atoms with Gasteiger partial charge in [0.15, 0.2) is 0 Å². The summed E-state index contributed by atoms with van der Waals surface area (Å²) in [5.41, 5.74) is 0.844. The minimum absolute atomic E-state index is 0.238. The standard InChI is InChI=1S/C10H10ClF/c1-2-3-4-8-7-9(12)5-6-10(8)11/h2,5-7H,1,3-4H2. The minimum atomic E-state index is -0.238. The maximum Gasteiger partial charge on any atom is 0.123 e. The van der Waals surface area contributed by atoms with Gasteiger partial charge in [0.05, 0.1) is 0 Å². The molecule has 0 aliphatic heterocycles. The topological polar surface area (TPSA) is 0 Å². The van der Waals surface area contributed by atoms with Gasteiger partial charge in [-0.05, 0) is 36.6 Å². The lowest BCUT2D eigenvalue weighted by Gasteiger charge is -2.01. The summed E-state index contributed by atoms with van der Waals surface area (Å²) < 4.78 is 12.7. The first-order valence-corrected chi connectivity index (χ1v) is 4.16. The van der Waals surface area contributed by atoms with E-state index < -0.39 is 0 Å². The van der Waals surface area contributed by atoms with Crippen molar-refractivity contribution in [2.24, 2.45) is 0 Å². The number of benzene rings is 1. The fourth-order valence-electron chi connectivity index (χ4n) is 0.992. The first kappa shape index (κ1) is 9.27. The second-order valence-corrected chi connectivity index (χ2v) is 2.97. The van der Waals surface area contributed by atoms with Crippen molar-refractivity contribution < 1.29 is 4.39 Å². The van der Waals surface area contributed by atoms with Gasteiger partial charge in [-0.3, -0.25) is 0 Å². The van der Waals surface area contributed by atoms with Crippen molar-refractivity contribution in [2.45, 2.75) is 12.8 Å². The molecule has 0 saturated heterocycles. The number of allylic oxidation sites excluding steroid dienone is 1. The van der Waals surface area contributed by atoms with Crippen LogP contribution in [0.4, 0.5) is 4.39 Å². The lowest BCUT2D eigenvalue weighted by Crippen LogP contribution is -1.86. The summed E-state index contributed by atoms with van der Waals surface area (Å²) in [4.78, 5) is 0. The molecule has 2 heteroatoms. The third kappa shape index (κ3) is 2.35. The van der Waals surface area contributed by atoms with Crippen LogP contribution in [0.25, 0.3) is 0 Å². The monoisotopic (exact) mass is 184 g/mol. The Hall–Kier alpha value is -0.820. The van der Waals surface area contributed by atoms with Crippen molar-refractivity contribution in [3.8, 4) is 0 Å². The van der Waals surface area contributed by atoms with E-state index in [9.17, 15) is 4.39 Å². The van der Waals surface area contributed by atoms with Crippen LogP contribution in [0.15, 0.2) is 30.9 Å². The van der Waals surface area contributed by atoms with E-state index in [4.69, 9.17) is 11.6 Å². The molecule has 0 amide bonds. The molecular formula is C10H10ClF. The molecule has 0 N–H and O–H groups in total. The molecule has 12 heavy (non-hydrogen) atoms. The lowest BCUT2D eigenvalue weighted by molar-refractivity contribution is 0.625. The molecule has 0 saturated carbocycles. The molecule has 1 aromatic carbocycles. The largest absolute Gasteiger partial charge is 0.207 e. The van der Waals surface area contributed by atoms with Gasteiger partial charge in [0.2, 0.25) is 0 Å². The van der Waals surface area contributed by atoms with Crippen molar-refractivity contribution in [1.29, 1.82) is 0 Å². The molecule has 0 bridgehead atoms. The average molecular weight is 185 g/mol. The van der Waals surface area contributed by atoms with Crippen LogP contribution in [0, 0.1) is 5.82 Å². The lowest BCUT2D eigenvalue weighted by atomic mass is 10.1. The van der Waals surface area contributed by atoms with Gasteiger partial charge in [-0.15, -0.1) is 6.58 Å². The minimum Gasteiger partial charge on any atom is -0.207 e. The smallest absolute Gasteiger partial charge is 0.123 e. The van der Waals surface area contributed by atoms with E-state index in [0.29, 0.717) is 5.02 Å². The molecule has 0 nitrogen and oxygen atoms in total. The van der Waals surface area contributed by atoms with Crippen LogP contribution in [-0.4, -0.2) is 0 Å². The van der Waals surface area contributed by atoms with Crippen molar-refractivity contribution in [3.05, 3.63) is 47.3 Å². The van der Waals surface area contributed by atoms with Gasteiger partial charge in [0.25, 0.3) is 0 Å². The number of rotatable bonds is 3. The summed E-state index contributed by atoms with van der Waals surface area (Å²) in [7, 11) is 0. The molecule has 0 heterocycles. The normalized spacial score (nSPS) is 9.83. The van der Waals surface area contributed by atoms with E-state index in [1.807, 2.05) is 0 Å². The quantitative estimate of drug-likeness (QED) is 0.630. The Bertz CT molecular complexity index is 281. The zero-order chi connectivity index (χ0) is 8.97. The van der Waals surface area contributed by atoms with Crippen molar-refractivity contribution in [1.82, 2.24) is 0 Å². The van der Waals surface area contributed by atoms with Gasteiger partial charge < -0.3 is 0 Å². The summed E-state index contributed by atoms with van der Waals surface area (Å²) in [5, 5.41) is 0.623. The fourth-order valence-corrected chi connectivity index (χ4v) is 1.20. The highest BCUT2D eigenvalue weighted by atomic mass is 35.5. The maximum atomic E-state index is 12.7. The van der Waals surface area contributed by atoms with Crippen LogP contribution in [0.3, 0.4) is 0 Å². The molecule has 0 aliphatic carbocycles. The molecule has 0 unspecified atom stereocenters. The Morgan fingerprint density at radius 2 is 2.25 bits per heavy atom. The van der Waals surface area contributed by atoms with E-state index in [1.54, 1.807) is 12.1 Å². The molecule has 0 aliphatic rings. The summed E-state index contributed by atoms with van der Waals surface area (Å²) in [6.45, 7) is 3.59. The highest BCUT2D eigenvalue weighted by Gasteiger charge is 2.00. The second kappa shape index (κ2) is 4.27. The zero-order valence-electron chi connectivity index (χ0n) is 6.69. The van der Waals surface area contributed by atoms with Gasteiger partial charge in [0.1, 0.15) is 5.82 Å². The first-order chi connectivity index (χ1) is 5.74. The molecule has 0 aromatic heterocycles. The van der Waals surface area contributed by atoms with Crippen LogP contribution in [0.2, 0.25) is 5.02 Å². The van der Waals surface area contributed by atoms with Gasteiger partial charge >= 0.3 is 0 Å². The second-order valence-electron chi connectivity index (χ2n) is 2.56. The summed E-state index contributed by atoms with van der Waals surface area (Å²) in [5.74, 6) is -0.238. The molecule has 1 rings (SSSR count). The van der Waals surface area contributed by atoms with E-state index in [-0.39, 0.29) is 5.82 Å². The van der Waals surface area contributed by atoms with Crippen LogP contribution in [0.5, 0.6) is 0 Å². The van der Waals surface area contributed by atoms with Crippen LogP contribution in [-0.2, 0) is 6.42 Å². The predicted molar refractivity (Wildman–Crippen MR) is 49.9 cm³/mol. The Labute approximate surface area is 76.7 Å². The van der Waals surface area contributed by atoms with E-state index in [1.165, 1.54) is 12.1 Å². The molecule has 0 atom stereocenters. The Kier molecular flexibility index (Phi) is 3.30. The fraction of sp³-hybridized carbons (Fsp3) is 0.200. The summed E-state index contributed by atoms with van der Waals surface area (Å²) in [6, 6.07) is 4.40. The van der Waals surface area contributed by atoms with E-state index in [2.05, 4.69) is 6.58 Å². The van der Waals surface area contributed by atoms with E-state index in [0.717, 1.165) is 18.4 Å². The SMILES string of the molecule is C=CCCc1cc(F)ccc1Cl. The molecule has 0 radical (unpaired) electrons. The van der Waals surface area contributed by atoms with Crippen LogP contribution < -0.4 is 0 Å². The van der Waals surface area contributed by atoms with Gasteiger partial charge in [-0.2, -0.15) is 0 Å². The highest BCUT2D eigenvalue weighted by Crippen LogP contribution is 2.18. The van der Waals surface area contributed by atoms with Gasteiger partial charge in [0, 0.05) is 5.02 Å². The molecule has 64 valence electrons. The number of hydrogen-bond acceptors (Lipinski definition) is 0. The molecule has 0 spiro atoms. The molecule has 1 aromatic rings. The van der Waals surface area contributed by atoms with E-state index >= 15 is 0 Å². The summed E-state index contributed by atoms with van der Waals surface area (Å²) in [6.07, 6.45) is 3.37. The van der Waals surface area contributed by atoms with Crippen molar-refractivity contribution in [2.75, 3.05) is 0 Å². The van der Waals surface area contributed by atoms with Crippen LogP contribution in [0.1, 0.15) is 12.0 Å². The average Bonchev–Trinajstić information content (AvgIpc) is 2.07. The Morgan fingerprint density at radius 1 is 1.50 bits per heavy atom. The molecule has 0 fully saturated rings. The van der Waals surface area contributed by atoms with Crippen molar-refractivity contribution in [3.63, 3.8) is 0 Å².